The average molecular weight is 393 g/mol. The molecule has 1 heterocycles. The van der Waals surface area contributed by atoms with Gasteiger partial charge < -0.3 is 10.0 Å². The number of hydrogen-bond acceptors (Lipinski definition) is 3. The van der Waals surface area contributed by atoms with Gasteiger partial charge in [-0.05, 0) is 48.0 Å². The van der Waals surface area contributed by atoms with Gasteiger partial charge in [-0.15, -0.1) is 0 Å². The van der Waals surface area contributed by atoms with Crippen LogP contribution in [-0.4, -0.2) is 16.8 Å². The quantitative estimate of drug-likeness (QED) is 0.668. The molecule has 0 aromatic heterocycles. The molecular formula is C23H17F2NO3. The first kappa shape index (κ1) is 19.0. The van der Waals surface area contributed by atoms with Crippen LogP contribution in [0.1, 0.15) is 27.9 Å². The number of Topliss-reactive ketones (excluding diaryl/α,β-unsaturated/α-hetero) is 1. The number of carbonyl (C=O) groups excluding carboxylic acids is 2. The van der Waals surface area contributed by atoms with Crippen molar-refractivity contribution < 1.29 is 23.5 Å². The predicted molar refractivity (Wildman–Crippen MR) is 103 cm³/mol. The molecule has 0 aliphatic carbocycles. The third kappa shape index (κ3) is 3.43. The SMILES string of the molecule is O=C(C[C@@]1(O)C(=O)N(Cc2ccc(F)cc2)c2ccccc21)c1ccc(F)cc1. The van der Waals surface area contributed by atoms with E-state index in [-0.39, 0.29) is 17.9 Å². The predicted octanol–water partition coefficient (Wildman–Crippen LogP) is 3.97. The van der Waals surface area contributed by atoms with Gasteiger partial charge in [-0.2, -0.15) is 0 Å². The minimum absolute atomic E-state index is 0.128. The molecule has 0 saturated heterocycles. The zero-order chi connectivity index (χ0) is 20.6. The third-order valence-electron chi connectivity index (χ3n) is 5.08. The molecule has 0 radical (unpaired) electrons. The highest BCUT2D eigenvalue weighted by atomic mass is 19.1. The maximum Gasteiger partial charge on any atom is 0.264 e. The van der Waals surface area contributed by atoms with Gasteiger partial charge in [0.1, 0.15) is 11.6 Å². The topological polar surface area (TPSA) is 57.6 Å². The van der Waals surface area contributed by atoms with Gasteiger partial charge in [0.25, 0.3) is 5.91 Å². The lowest BCUT2D eigenvalue weighted by molar-refractivity contribution is -0.136. The van der Waals surface area contributed by atoms with Gasteiger partial charge in [0.05, 0.1) is 18.7 Å². The fourth-order valence-corrected chi connectivity index (χ4v) is 3.58. The van der Waals surface area contributed by atoms with Gasteiger partial charge in [-0.1, -0.05) is 30.3 Å². The lowest BCUT2D eigenvalue weighted by Crippen LogP contribution is -2.41. The lowest BCUT2D eigenvalue weighted by Gasteiger charge is -2.23. The molecule has 1 aliphatic rings. The second-order valence-electron chi connectivity index (χ2n) is 7.00. The number of rotatable bonds is 5. The maximum atomic E-state index is 13.2. The summed E-state index contributed by atoms with van der Waals surface area (Å²) in [4.78, 5) is 27.2. The highest BCUT2D eigenvalue weighted by molar-refractivity contribution is 6.10. The highest BCUT2D eigenvalue weighted by Crippen LogP contribution is 2.43. The van der Waals surface area contributed by atoms with Crippen LogP contribution in [0.5, 0.6) is 0 Å². The van der Waals surface area contributed by atoms with Gasteiger partial charge in [-0.3, -0.25) is 9.59 Å². The minimum Gasteiger partial charge on any atom is -0.375 e. The van der Waals surface area contributed by atoms with E-state index in [2.05, 4.69) is 0 Å². The van der Waals surface area contributed by atoms with Crippen molar-refractivity contribution in [3.05, 3.63) is 101 Å². The molecule has 6 heteroatoms. The molecule has 0 bridgehead atoms. The van der Waals surface area contributed by atoms with Gasteiger partial charge >= 0.3 is 0 Å². The monoisotopic (exact) mass is 393 g/mol. The molecule has 4 rings (SSSR count). The number of ketones is 1. The first-order valence-corrected chi connectivity index (χ1v) is 9.05. The molecule has 4 nitrogen and oxygen atoms in total. The number of hydrogen-bond donors (Lipinski definition) is 1. The van der Waals surface area contributed by atoms with E-state index in [9.17, 15) is 23.5 Å². The molecule has 0 spiro atoms. The number of amides is 1. The third-order valence-corrected chi connectivity index (χ3v) is 5.08. The number of carbonyl (C=O) groups is 2. The first-order valence-electron chi connectivity index (χ1n) is 9.05. The largest absolute Gasteiger partial charge is 0.375 e. The number of fused-ring (bicyclic) bond motifs is 1. The van der Waals surface area contributed by atoms with E-state index < -0.39 is 29.5 Å². The molecule has 146 valence electrons. The van der Waals surface area contributed by atoms with E-state index in [0.717, 1.165) is 12.1 Å². The van der Waals surface area contributed by atoms with E-state index in [1.165, 1.54) is 29.2 Å². The molecule has 1 amide bonds. The number of halogens is 2. The second-order valence-corrected chi connectivity index (χ2v) is 7.00. The van der Waals surface area contributed by atoms with Crippen molar-refractivity contribution in [1.29, 1.82) is 0 Å². The van der Waals surface area contributed by atoms with Crippen LogP contribution in [0.2, 0.25) is 0 Å². The summed E-state index contributed by atoms with van der Waals surface area (Å²) >= 11 is 0. The van der Waals surface area contributed by atoms with Crippen LogP contribution in [0, 0.1) is 11.6 Å². The van der Waals surface area contributed by atoms with Gasteiger partial charge in [0.15, 0.2) is 11.4 Å². The molecule has 29 heavy (non-hydrogen) atoms. The van der Waals surface area contributed by atoms with Crippen molar-refractivity contribution >= 4 is 17.4 Å². The van der Waals surface area contributed by atoms with Crippen molar-refractivity contribution in [1.82, 2.24) is 0 Å². The Morgan fingerprint density at radius 3 is 2.14 bits per heavy atom. The molecular weight excluding hydrogens is 376 g/mol. The molecule has 1 aliphatic heterocycles. The number of para-hydroxylation sites is 1. The van der Waals surface area contributed by atoms with Gasteiger partial charge in [-0.25, -0.2) is 8.78 Å². The Hall–Kier alpha value is -3.38. The Morgan fingerprint density at radius 2 is 1.48 bits per heavy atom. The number of aliphatic hydroxyl groups is 1. The average Bonchev–Trinajstić information content (AvgIpc) is 2.92. The Kier molecular flexibility index (Phi) is 4.72. The molecule has 0 saturated carbocycles. The fraction of sp³-hybridized carbons (Fsp3) is 0.130. The lowest BCUT2D eigenvalue weighted by atomic mass is 9.88. The summed E-state index contributed by atoms with van der Waals surface area (Å²) in [5.74, 6) is -1.96. The number of benzene rings is 3. The smallest absolute Gasteiger partial charge is 0.264 e. The second kappa shape index (κ2) is 7.22. The van der Waals surface area contributed by atoms with Gasteiger partial charge in [0, 0.05) is 11.1 Å². The van der Waals surface area contributed by atoms with Gasteiger partial charge in [0.2, 0.25) is 0 Å². The summed E-state index contributed by atoms with van der Waals surface area (Å²) in [5, 5.41) is 11.2. The van der Waals surface area contributed by atoms with E-state index in [1.54, 1.807) is 36.4 Å². The molecule has 0 unspecified atom stereocenters. The van der Waals surface area contributed by atoms with Crippen molar-refractivity contribution in [2.45, 2.75) is 18.6 Å². The summed E-state index contributed by atoms with van der Waals surface area (Å²) < 4.78 is 26.3. The zero-order valence-electron chi connectivity index (χ0n) is 15.3. The summed E-state index contributed by atoms with van der Waals surface area (Å²) in [5.41, 5.74) is -0.299. The Morgan fingerprint density at radius 1 is 0.897 bits per heavy atom. The van der Waals surface area contributed by atoms with Crippen molar-refractivity contribution in [3.8, 4) is 0 Å². The highest BCUT2D eigenvalue weighted by Gasteiger charge is 2.50. The zero-order valence-corrected chi connectivity index (χ0v) is 15.3. The molecule has 1 N–H and O–H groups in total. The molecule has 3 aromatic rings. The summed E-state index contributed by atoms with van der Waals surface area (Å²) in [6, 6.07) is 17.4. The van der Waals surface area contributed by atoms with Crippen molar-refractivity contribution in [2.24, 2.45) is 0 Å². The number of anilines is 1. The first-order chi connectivity index (χ1) is 13.9. The van der Waals surface area contributed by atoms with Crippen molar-refractivity contribution in [3.63, 3.8) is 0 Å². The molecule has 0 fully saturated rings. The Balaban J connectivity index is 1.66. The van der Waals surface area contributed by atoms with E-state index >= 15 is 0 Å². The van der Waals surface area contributed by atoms with Crippen LogP contribution in [-0.2, 0) is 16.9 Å². The summed E-state index contributed by atoms with van der Waals surface area (Å²) in [6.07, 6.45) is -0.464. The Bertz CT molecular complexity index is 1080. The standard InChI is InChI=1S/C23H17F2NO3/c24-17-9-5-15(6-10-17)14-26-20-4-2-1-3-19(20)23(29,22(26)28)13-21(27)16-7-11-18(25)12-8-16/h1-12,29H,13-14H2/t23-/m0/s1. The van der Waals surface area contributed by atoms with E-state index in [1.807, 2.05) is 0 Å². The summed E-state index contributed by atoms with van der Waals surface area (Å²) in [7, 11) is 0. The van der Waals surface area contributed by atoms with Crippen molar-refractivity contribution in [2.75, 3.05) is 4.90 Å². The van der Waals surface area contributed by atoms with Crippen LogP contribution in [0.4, 0.5) is 14.5 Å². The number of nitrogens with zero attached hydrogens (tertiary/aromatic N) is 1. The molecule has 3 aromatic carbocycles. The van der Waals surface area contributed by atoms with E-state index in [0.29, 0.717) is 16.8 Å². The van der Waals surface area contributed by atoms with E-state index in [4.69, 9.17) is 0 Å². The van der Waals surface area contributed by atoms with Crippen LogP contribution in [0.3, 0.4) is 0 Å². The minimum atomic E-state index is -2.03. The van der Waals surface area contributed by atoms with Crippen LogP contribution in [0.15, 0.2) is 72.8 Å². The summed E-state index contributed by atoms with van der Waals surface area (Å²) in [6.45, 7) is 0.128. The van der Waals surface area contributed by atoms with Crippen LogP contribution >= 0.6 is 0 Å². The van der Waals surface area contributed by atoms with Crippen LogP contribution < -0.4 is 4.90 Å². The molecule has 1 atom stereocenters. The maximum absolute atomic E-state index is 13.2. The normalized spacial score (nSPS) is 18.0. The Labute approximate surface area is 166 Å². The fourth-order valence-electron chi connectivity index (χ4n) is 3.58. The van der Waals surface area contributed by atoms with Crippen LogP contribution in [0.25, 0.3) is 0 Å².